The van der Waals surface area contributed by atoms with Gasteiger partial charge in [0, 0.05) is 14.1 Å². The number of urea groups is 1. The number of imide groups is 1. The first-order valence-electron chi connectivity index (χ1n) is 8.39. The zero-order chi connectivity index (χ0) is 19.6. The molecule has 0 spiro atoms. The number of halogens is 1. The van der Waals surface area contributed by atoms with Crippen LogP contribution in [0.15, 0.2) is 23.2 Å². The number of carbonyl (C=O) groups excluding carboxylic acids is 2. The highest BCUT2D eigenvalue weighted by molar-refractivity contribution is 6.32. The van der Waals surface area contributed by atoms with E-state index in [4.69, 9.17) is 16.3 Å². The predicted molar refractivity (Wildman–Crippen MR) is 99.1 cm³/mol. The fourth-order valence-corrected chi connectivity index (χ4v) is 3.87. The molecule has 2 aromatic rings. The van der Waals surface area contributed by atoms with E-state index in [-0.39, 0.29) is 5.91 Å². The van der Waals surface area contributed by atoms with Crippen molar-refractivity contribution in [2.24, 2.45) is 4.99 Å². The first-order valence-corrected chi connectivity index (χ1v) is 8.77. The van der Waals surface area contributed by atoms with E-state index < -0.39 is 12.1 Å². The standard InChI is InChI=1S/C18H19ClN5O3/c1-9-10(2)24-14-15(21(3)18(26)22(4)16(14)25)20-17(24)23(9)11-6-7-13(27-5)12(19)8-11/h6-8,14H,1-5H3/q+1. The fourth-order valence-electron chi connectivity index (χ4n) is 3.62. The normalized spacial score (nSPS) is 18.6. The molecule has 1 unspecified atom stereocenters. The van der Waals surface area contributed by atoms with Crippen molar-refractivity contribution in [2.75, 3.05) is 21.2 Å². The van der Waals surface area contributed by atoms with Gasteiger partial charge in [0.25, 0.3) is 5.91 Å². The minimum atomic E-state index is -0.652. The van der Waals surface area contributed by atoms with Crippen molar-refractivity contribution in [3.8, 4) is 11.4 Å². The summed E-state index contributed by atoms with van der Waals surface area (Å²) in [7, 11) is 4.67. The summed E-state index contributed by atoms with van der Waals surface area (Å²) < 4.78 is 9.02. The molecule has 9 heteroatoms. The lowest BCUT2D eigenvalue weighted by atomic mass is 10.1. The highest BCUT2D eigenvalue weighted by Crippen LogP contribution is 2.34. The zero-order valence-corrected chi connectivity index (χ0v) is 16.4. The molecule has 2 aliphatic rings. The predicted octanol–water partition coefficient (Wildman–Crippen LogP) is 2.15. The number of nitrogens with zero attached hydrogens (tertiary/aromatic N) is 5. The molecule has 8 nitrogen and oxygen atoms in total. The number of amides is 3. The monoisotopic (exact) mass is 388 g/mol. The van der Waals surface area contributed by atoms with Gasteiger partial charge in [0.1, 0.15) is 22.8 Å². The SMILES string of the molecule is COc1ccc(-n2c(C)c(C)[n+]3c2N=C2C3C(=O)N(C)C(=O)N2C)cc1Cl. The largest absolute Gasteiger partial charge is 0.495 e. The molecule has 3 heterocycles. The van der Waals surface area contributed by atoms with E-state index in [0.717, 1.165) is 22.0 Å². The summed E-state index contributed by atoms with van der Waals surface area (Å²) in [4.78, 5) is 32.3. The lowest BCUT2D eigenvalue weighted by molar-refractivity contribution is -0.682. The number of aliphatic imine (C=N–C) groups is 1. The number of fused-ring (bicyclic) bond motifs is 3. The molecular formula is C18H19ClN5O3+. The van der Waals surface area contributed by atoms with Gasteiger partial charge >= 0.3 is 12.0 Å². The molecule has 1 atom stereocenters. The van der Waals surface area contributed by atoms with Crippen LogP contribution in [-0.2, 0) is 4.79 Å². The van der Waals surface area contributed by atoms with Crippen molar-refractivity contribution in [3.05, 3.63) is 34.6 Å². The van der Waals surface area contributed by atoms with E-state index in [1.807, 2.05) is 29.0 Å². The summed E-state index contributed by atoms with van der Waals surface area (Å²) in [6, 6.07) is 4.41. The smallest absolute Gasteiger partial charge is 0.407 e. The third-order valence-electron chi connectivity index (χ3n) is 5.23. The van der Waals surface area contributed by atoms with Crippen molar-refractivity contribution < 1.29 is 18.9 Å². The maximum Gasteiger partial charge on any atom is 0.407 e. The first-order chi connectivity index (χ1) is 12.8. The van der Waals surface area contributed by atoms with Gasteiger partial charge in [0.15, 0.2) is 0 Å². The lowest BCUT2D eigenvalue weighted by Gasteiger charge is -2.30. The van der Waals surface area contributed by atoms with Crippen LogP contribution in [0, 0.1) is 13.8 Å². The first kappa shape index (κ1) is 17.5. The zero-order valence-electron chi connectivity index (χ0n) is 15.6. The number of imidazole rings is 1. The van der Waals surface area contributed by atoms with Gasteiger partial charge < -0.3 is 4.74 Å². The third kappa shape index (κ3) is 2.22. The molecule has 0 radical (unpaired) electrons. The van der Waals surface area contributed by atoms with E-state index in [9.17, 15) is 9.59 Å². The van der Waals surface area contributed by atoms with Gasteiger partial charge in [-0.25, -0.2) is 9.36 Å². The molecule has 140 valence electrons. The second kappa shape index (κ2) is 5.82. The van der Waals surface area contributed by atoms with Gasteiger partial charge in [0.2, 0.25) is 11.9 Å². The van der Waals surface area contributed by atoms with Crippen molar-refractivity contribution in [1.82, 2.24) is 14.4 Å². The number of ether oxygens (including phenoxy) is 1. The van der Waals surface area contributed by atoms with Crippen LogP contribution in [-0.4, -0.2) is 53.3 Å². The summed E-state index contributed by atoms with van der Waals surface area (Å²) in [5.74, 6) is 1.28. The van der Waals surface area contributed by atoms with Crippen LogP contribution in [0.3, 0.4) is 0 Å². The molecule has 3 amide bonds. The Labute approximate surface area is 161 Å². The summed E-state index contributed by atoms with van der Waals surface area (Å²) in [6.07, 6.45) is 0. The summed E-state index contributed by atoms with van der Waals surface area (Å²) >= 11 is 6.30. The molecule has 1 aromatic heterocycles. The van der Waals surface area contributed by atoms with E-state index >= 15 is 0 Å². The number of rotatable bonds is 2. The molecule has 0 bridgehead atoms. The molecule has 2 aliphatic heterocycles. The minimum absolute atomic E-state index is 0.298. The van der Waals surface area contributed by atoms with Gasteiger partial charge in [-0.05, 0) is 32.0 Å². The summed E-state index contributed by atoms with van der Waals surface area (Å²) in [6.45, 7) is 3.89. The van der Waals surface area contributed by atoms with Crippen LogP contribution in [0.25, 0.3) is 5.69 Å². The van der Waals surface area contributed by atoms with Crippen LogP contribution in [0.2, 0.25) is 5.02 Å². The van der Waals surface area contributed by atoms with Gasteiger partial charge in [-0.3, -0.25) is 14.6 Å². The average Bonchev–Trinajstić information content (AvgIpc) is 3.14. The molecule has 1 saturated heterocycles. The number of aromatic nitrogens is 2. The lowest BCUT2D eigenvalue weighted by Crippen LogP contribution is -2.62. The van der Waals surface area contributed by atoms with E-state index in [2.05, 4.69) is 4.99 Å². The minimum Gasteiger partial charge on any atom is -0.495 e. The van der Waals surface area contributed by atoms with Gasteiger partial charge in [0.05, 0.1) is 12.1 Å². The Hall–Kier alpha value is -2.87. The molecule has 0 saturated carbocycles. The number of likely N-dealkylation sites (N-methyl/N-ethyl adjacent to an activating group) is 2. The quantitative estimate of drug-likeness (QED) is 0.740. The fraction of sp³-hybridized carbons (Fsp3) is 0.333. The van der Waals surface area contributed by atoms with Crippen molar-refractivity contribution in [1.29, 1.82) is 0 Å². The average molecular weight is 389 g/mol. The molecule has 1 fully saturated rings. The Morgan fingerprint density at radius 3 is 2.52 bits per heavy atom. The molecule has 0 N–H and O–H groups in total. The molecular weight excluding hydrogens is 370 g/mol. The van der Waals surface area contributed by atoms with Crippen molar-refractivity contribution in [2.45, 2.75) is 19.9 Å². The Morgan fingerprint density at radius 2 is 1.89 bits per heavy atom. The molecule has 0 aliphatic carbocycles. The van der Waals surface area contributed by atoms with Gasteiger partial charge in [-0.15, -0.1) is 0 Å². The number of methoxy groups -OCH3 is 1. The van der Waals surface area contributed by atoms with E-state index in [1.54, 1.807) is 26.3 Å². The van der Waals surface area contributed by atoms with Gasteiger partial charge in [-0.2, -0.15) is 4.57 Å². The van der Waals surface area contributed by atoms with Crippen molar-refractivity contribution >= 4 is 35.3 Å². The Balaban J connectivity index is 1.94. The summed E-state index contributed by atoms with van der Waals surface area (Å²) in [5, 5.41) is 0.477. The van der Waals surface area contributed by atoms with Crippen LogP contribution in [0.4, 0.5) is 10.7 Å². The number of hydrogen-bond donors (Lipinski definition) is 0. The molecule has 4 rings (SSSR count). The van der Waals surface area contributed by atoms with Crippen molar-refractivity contribution in [3.63, 3.8) is 0 Å². The Morgan fingerprint density at radius 1 is 1.19 bits per heavy atom. The second-order valence-electron chi connectivity index (χ2n) is 6.61. The van der Waals surface area contributed by atoms with Crippen LogP contribution < -0.4 is 9.30 Å². The van der Waals surface area contributed by atoms with Gasteiger partial charge in [-0.1, -0.05) is 16.6 Å². The highest BCUT2D eigenvalue weighted by Gasteiger charge is 2.53. The number of hydrogen-bond acceptors (Lipinski definition) is 4. The second-order valence-corrected chi connectivity index (χ2v) is 7.01. The van der Waals surface area contributed by atoms with Crippen LogP contribution in [0.5, 0.6) is 5.75 Å². The third-order valence-corrected chi connectivity index (χ3v) is 5.52. The van der Waals surface area contributed by atoms with E-state index in [1.165, 1.54) is 11.9 Å². The number of carbonyl (C=O) groups is 2. The highest BCUT2D eigenvalue weighted by atomic mass is 35.5. The Kier molecular flexibility index (Phi) is 3.78. The number of amidine groups is 1. The van der Waals surface area contributed by atoms with Crippen LogP contribution >= 0.6 is 11.6 Å². The topological polar surface area (TPSA) is 71.0 Å². The maximum atomic E-state index is 12.8. The van der Waals surface area contributed by atoms with Crippen LogP contribution in [0.1, 0.15) is 17.4 Å². The maximum absolute atomic E-state index is 12.8. The summed E-state index contributed by atoms with van der Waals surface area (Å²) in [5.41, 5.74) is 2.63. The number of benzene rings is 1. The molecule has 27 heavy (non-hydrogen) atoms. The Bertz CT molecular complexity index is 1040. The van der Waals surface area contributed by atoms with E-state index in [0.29, 0.717) is 22.6 Å². The molecule has 1 aromatic carbocycles.